The first-order valence-electron chi connectivity index (χ1n) is 4.01. The van der Waals surface area contributed by atoms with Crippen molar-refractivity contribution >= 4 is 11.4 Å². The molecule has 15 heavy (non-hydrogen) atoms. The molecule has 0 aromatic carbocycles. The van der Waals surface area contributed by atoms with Crippen LogP contribution in [0.2, 0.25) is 0 Å². The van der Waals surface area contributed by atoms with Crippen LogP contribution in [0.1, 0.15) is 0 Å². The number of aliphatic hydroxyl groups excluding tert-OH is 3. The Morgan fingerprint density at radius 2 is 1.13 bits per heavy atom. The van der Waals surface area contributed by atoms with Crippen molar-refractivity contribution < 1.29 is 63.1 Å². The van der Waals surface area contributed by atoms with Crippen LogP contribution in [-0.4, -0.2) is 68.1 Å². The fourth-order valence-electron chi connectivity index (χ4n) is 0.849. The van der Waals surface area contributed by atoms with Gasteiger partial charge in [-0.05, 0) is 0 Å². The topological polar surface area (TPSA) is 128 Å². The summed E-state index contributed by atoms with van der Waals surface area (Å²) in [7, 11) is 0. The normalized spacial score (nSPS) is 9.53. The van der Waals surface area contributed by atoms with Crippen LogP contribution in [0.15, 0.2) is 0 Å². The first-order chi connectivity index (χ1) is 6.58. The molecule has 0 rings (SSSR count). The van der Waals surface area contributed by atoms with E-state index in [4.69, 9.17) is 28.6 Å². The molecule has 0 atom stereocenters. The molecule has 0 aromatic heterocycles. The minimum Gasteiger partial charge on any atom is -0.784 e. The van der Waals surface area contributed by atoms with Crippen LogP contribution in [0.25, 0.3) is 0 Å². The molecule has 0 aliphatic rings. The second kappa shape index (κ2) is 17.3. The van der Waals surface area contributed by atoms with Gasteiger partial charge in [-0.2, -0.15) is 0 Å². The minimum atomic E-state index is -3.11. The van der Waals surface area contributed by atoms with Gasteiger partial charge in [0.15, 0.2) is 0 Å². The van der Waals surface area contributed by atoms with Crippen molar-refractivity contribution in [2.75, 3.05) is 39.5 Å². The summed E-state index contributed by atoms with van der Waals surface area (Å²) in [5.41, 5.74) is 0. The Balaban J connectivity index is -0.000000249. The van der Waals surface area contributed by atoms with Crippen LogP contribution in [0.5, 0.6) is 0 Å². The van der Waals surface area contributed by atoms with Gasteiger partial charge in [-0.25, -0.2) is 0 Å². The van der Waals surface area contributed by atoms with E-state index >= 15 is 0 Å². The summed E-state index contributed by atoms with van der Waals surface area (Å²) in [5.74, 6) is 0. The van der Waals surface area contributed by atoms with Crippen LogP contribution in [0.4, 0.5) is 0 Å². The molecule has 0 amide bonds. The summed E-state index contributed by atoms with van der Waals surface area (Å²) in [4.78, 5) is 1.03. The molecule has 88 valence electrons. The molecule has 0 bridgehead atoms. The zero-order valence-corrected chi connectivity index (χ0v) is 11.5. The third-order valence-electron chi connectivity index (χ3n) is 1.40. The summed E-state index contributed by atoms with van der Waals surface area (Å²) in [6, 6.07) is 0. The van der Waals surface area contributed by atoms with Gasteiger partial charge in [-0.1, -0.05) is 0 Å². The standard InChI is InChI=1S/C6H15NO3.Na.H2O3S/c8-4-1-7(2-5-9)3-6-10;;1-4(2)3/h8-10H,1-6H2;;(H2,1,2,3)/q;+1;/p-1. The monoisotopic (exact) mass is 253 g/mol. The molecule has 4 N–H and O–H groups in total. The van der Waals surface area contributed by atoms with Crippen LogP contribution in [0.3, 0.4) is 0 Å². The van der Waals surface area contributed by atoms with Crippen molar-refractivity contribution in [1.29, 1.82) is 0 Å². The Labute approximate surface area is 114 Å². The third-order valence-corrected chi connectivity index (χ3v) is 1.40. The number of nitrogens with one attached hydrogen (secondary N) is 1. The van der Waals surface area contributed by atoms with E-state index in [0.29, 0.717) is 19.6 Å². The maximum Gasteiger partial charge on any atom is 1.00 e. The molecule has 0 fully saturated rings. The molecule has 0 unspecified atom stereocenters. The van der Waals surface area contributed by atoms with Crippen molar-refractivity contribution in [1.82, 2.24) is 0 Å². The van der Waals surface area contributed by atoms with E-state index in [1.54, 1.807) is 0 Å². The molecule has 9 heteroatoms. The first-order valence-corrected chi connectivity index (χ1v) is 5.01. The summed E-state index contributed by atoms with van der Waals surface area (Å²) >= 11 is -3.11. The average molecular weight is 253 g/mol. The van der Waals surface area contributed by atoms with Crippen molar-refractivity contribution in [3.63, 3.8) is 0 Å². The van der Waals surface area contributed by atoms with Gasteiger partial charge in [0.05, 0.1) is 19.8 Å². The molecule has 0 aliphatic carbocycles. The number of hydrogen-bond donors (Lipinski definition) is 4. The van der Waals surface area contributed by atoms with Crippen LogP contribution in [-0.2, 0) is 11.4 Å². The van der Waals surface area contributed by atoms with E-state index in [0.717, 1.165) is 4.90 Å². The summed E-state index contributed by atoms with van der Waals surface area (Å²) < 4.78 is 25.3. The van der Waals surface area contributed by atoms with Crippen molar-refractivity contribution in [3.8, 4) is 0 Å². The molecule has 0 spiro atoms. The van der Waals surface area contributed by atoms with Gasteiger partial charge in [-0.15, -0.1) is 11.4 Å². The second-order valence-electron chi connectivity index (χ2n) is 2.37. The maximum atomic E-state index is 8.51. The molecular weight excluding hydrogens is 237 g/mol. The van der Waals surface area contributed by atoms with Gasteiger partial charge in [0, 0.05) is 0 Å². The summed E-state index contributed by atoms with van der Waals surface area (Å²) in [5, 5.41) is 25.5. The van der Waals surface area contributed by atoms with E-state index in [1.165, 1.54) is 0 Å². The Morgan fingerprint density at radius 1 is 0.933 bits per heavy atom. The summed E-state index contributed by atoms with van der Waals surface area (Å²) in [6.45, 7) is 2.11. The van der Waals surface area contributed by atoms with Crippen molar-refractivity contribution in [2.24, 2.45) is 0 Å². The molecule has 0 saturated carbocycles. The largest absolute Gasteiger partial charge is 1.00 e. The predicted molar refractivity (Wildman–Crippen MR) is 46.5 cm³/mol. The zero-order chi connectivity index (χ0) is 11.4. The van der Waals surface area contributed by atoms with Crippen molar-refractivity contribution in [3.05, 3.63) is 0 Å². The van der Waals surface area contributed by atoms with Gasteiger partial charge < -0.3 is 29.3 Å². The van der Waals surface area contributed by atoms with E-state index in [9.17, 15) is 0 Å². The number of quaternary nitrogens is 1. The number of aliphatic hydroxyl groups is 3. The van der Waals surface area contributed by atoms with Gasteiger partial charge in [0.1, 0.15) is 19.6 Å². The van der Waals surface area contributed by atoms with Gasteiger partial charge >= 0.3 is 29.6 Å². The average Bonchev–Trinajstić information content (AvgIpc) is 2.04. The number of hydrogen-bond acceptors (Lipinski definition) is 6. The summed E-state index contributed by atoms with van der Waals surface area (Å²) in [6.07, 6.45) is 0. The SMILES string of the molecule is O=S([O-])[O-].OCC[NH+](CCO)CCO.[Na+]. The second-order valence-corrected chi connectivity index (χ2v) is 2.78. The molecule has 0 radical (unpaired) electrons. The Bertz CT molecular complexity index is 123. The van der Waals surface area contributed by atoms with E-state index < -0.39 is 11.4 Å². The first kappa shape index (κ1) is 21.2. The smallest absolute Gasteiger partial charge is 0.784 e. The molecule has 7 nitrogen and oxygen atoms in total. The van der Waals surface area contributed by atoms with Crippen LogP contribution in [0, 0.1) is 0 Å². The Morgan fingerprint density at radius 3 is 1.27 bits per heavy atom. The van der Waals surface area contributed by atoms with Gasteiger partial charge in [-0.3, -0.25) is 4.21 Å². The van der Waals surface area contributed by atoms with E-state index in [-0.39, 0.29) is 49.4 Å². The molecule has 0 aromatic rings. The predicted octanol–water partition coefficient (Wildman–Crippen LogP) is -7.15. The van der Waals surface area contributed by atoms with E-state index in [1.807, 2.05) is 0 Å². The van der Waals surface area contributed by atoms with Gasteiger partial charge in [0.2, 0.25) is 0 Å². The quantitative estimate of drug-likeness (QED) is 0.275. The Hall–Kier alpha value is 0.910. The fraction of sp³-hybridized carbons (Fsp3) is 1.00. The molecule has 0 heterocycles. The van der Waals surface area contributed by atoms with Crippen LogP contribution >= 0.6 is 0 Å². The molecular formula is C6H16NNaO6S. The fourth-order valence-corrected chi connectivity index (χ4v) is 0.849. The van der Waals surface area contributed by atoms with Crippen LogP contribution < -0.4 is 34.5 Å². The number of rotatable bonds is 6. The van der Waals surface area contributed by atoms with Crippen molar-refractivity contribution in [2.45, 2.75) is 0 Å². The zero-order valence-electron chi connectivity index (χ0n) is 8.72. The maximum absolute atomic E-state index is 8.51. The Kier molecular flexibility index (Phi) is 24.5. The van der Waals surface area contributed by atoms with Gasteiger partial charge in [0.25, 0.3) is 0 Å². The third kappa shape index (κ3) is 25.3. The minimum absolute atomic E-state index is 0. The molecule has 0 saturated heterocycles. The molecule has 0 aliphatic heterocycles. The van der Waals surface area contributed by atoms with E-state index in [2.05, 4.69) is 0 Å².